The summed E-state index contributed by atoms with van der Waals surface area (Å²) >= 11 is 0. The highest BCUT2D eigenvalue weighted by Gasteiger charge is 2.13. The molecule has 0 spiro atoms. The van der Waals surface area contributed by atoms with Crippen LogP contribution >= 0.6 is 0 Å². The summed E-state index contributed by atoms with van der Waals surface area (Å²) in [7, 11) is -6.39. The first-order chi connectivity index (χ1) is 14.2. The molecule has 0 fully saturated rings. The van der Waals surface area contributed by atoms with Gasteiger partial charge in [-0.05, 0) is 31.6 Å². The second kappa shape index (κ2) is 18.4. The summed E-state index contributed by atoms with van der Waals surface area (Å²) in [5.74, 6) is 0.587. The fourth-order valence-electron chi connectivity index (χ4n) is 3.34. The molecule has 0 aliphatic carbocycles. The molecular formula is C22H48N2O4S2. The molecule has 0 aliphatic rings. The summed E-state index contributed by atoms with van der Waals surface area (Å²) < 4.78 is 53.5. The van der Waals surface area contributed by atoms with Gasteiger partial charge < -0.3 is 0 Å². The van der Waals surface area contributed by atoms with Crippen LogP contribution in [0.1, 0.15) is 111 Å². The highest BCUT2D eigenvalue weighted by Crippen LogP contribution is 2.09. The highest BCUT2D eigenvalue weighted by atomic mass is 32.2. The van der Waals surface area contributed by atoms with Crippen LogP contribution in [0.3, 0.4) is 0 Å². The van der Waals surface area contributed by atoms with E-state index in [1.807, 2.05) is 6.92 Å². The summed E-state index contributed by atoms with van der Waals surface area (Å²) in [6.07, 6.45) is 14.3. The van der Waals surface area contributed by atoms with Crippen molar-refractivity contribution in [3.05, 3.63) is 0 Å². The Kier molecular flexibility index (Phi) is 18.3. The zero-order chi connectivity index (χ0) is 22.7. The lowest BCUT2D eigenvalue weighted by Crippen LogP contribution is -2.31. The number of hydrogen-bond acceptors (Lipinski definition) is 4. The van der Waals surface area contributed by atoms with Gasteiger partial charge in [-0.15, -0.1) is 0 Å². The minimum Gasteiger partial charge on any atom is -0.215 e. The molecule has 0 rings (SSSR count). The van der Waals surface area contributed by atoms with Crippen molar-refractivity contribution in [1.29, 1.82) is 0 Å². The molecule has 182 valence electrons. The molecular weight excluding hydrogens is 420 g/mol. The van der Waals surface area contributed by atoms with E-state index in [1.54, 1.807) is 0 Å². The maximum atomic E-state index is 12.1. The van der Waals surface area contributed by atoms with Gasteiger partial charge in [0.05, 0.1) is 11.5 Å². The minimum atomic E-state index is -3.20. The van der Waals surface area contributed by atoms with Crippen molar-refractivity contribution in [2.45, 2.75) is 111 Å². The van der Waals surface area contributed by atoms with Crippen molar-refractivity contribution in [3.63, 3.8) is 0 Å². The van der Waals surface area contributed by atoms with Gasteiger partial charge in [-0.3, -0.25) is 0 Å². The van der Waals surface area contributed by atoms with Gasteiger partial charge in [0, 0.05) is 13.1 Å². The average molecular weight is 469 g/mol. The van der Waals surface area contributed by atoms with Gasteiger partial charge >= 0.3 is 0 Å². The molecule has 0 radical (unpaired) electrons. The standard InChI is InChI=1S/C22H48N2O4S2/c1-4-6-8-10-12-14-19-29(25,26)23-18-16-17-22(3)21-24-30(27,28)20-15-13-11-9-7-5-2/h22-24H,4-21H2,1-3H3. The van der Waals surface area contributed by atoms with Crippen LogP contribution in [0, 0.1) is 5.92 Å². The lowest BCUT2D eigenvalue weighted by atomic mass is 10.1. The number of rotatable bonds is 22. The third-order valence-corrected chi connectivity index (χ3v) is 8.28. The maximum absolute atomic E-state index is 12.1. The van der Waals surface area contributed by atoms with Crippen LogP contribution in [0.15, 0.2) is 0 Å². The molecule has 0 aromatic heterocycles. The van der Waals surface area contributed by atoms with Crippen molar-refractivity contribution in [2.24, 2.45) is 5.92 Å². The van der Waals surface area contributed by atoms with E-state index in [-0.39, 0.29) is 17.4 Å². The van der Waals surface area contributed by atoms with Gasteiger partial charge in [-0.2, -0.15) is 0 Å². The molecule has 1 atom stereocenters. The second-order valence-corrected chi connectivity index (χ2v) is 12.5. The van der Waals surface area contributed by atoms with Crippen molar-refractivity contribution < 1.29 is 16.8 Å². The summed E-state index contributed by atoms with van der Waals surface area (Å²) in [6.45, 7) is 7.18. The van der Waals surface area contributed by atoms with Crippen LogP contribution < -0.4 is 9.44 Å². The van der Waals surface area contributed by atoms with E-state index in [4.69, 9.17) is 0 Å². The second-order valence-electron chi connectivity index (χ2n) is 8.66. The molecule has 8 heteroatoms. The zero-order valence-electron chi connectivity index (χ0n) is 19.8. The summed E-state index contributed by atoms with van der Waals surface area (Å²) in [4.78, 5) is 0. The van der Waals surface area contributed by atoms with Gasteiger partial charge in [-0.25, -0.2) is 26.3 Å². The molecule has 0 amide bonds. The fourth-order valence-corrected chi connectivity index (χ4v) is 5.79. The molecule has 2 N–H and O–H groups in total. The molecule has 30 heavy (non-hydrogen) atoms. The first-order valence-electron chi connectivity index (χ1n) is 12.2. The highest BCUT2D eigenvalue weighted by molar-refractivity contribution is 7.89. The zero-order valence-corrected chi connectivity index (χ0v) is 21.4. The van der Waals surface area contributed by atoms with Crippen molar-refractivity contribution in [1.82, 2.24) is 9.44 Å². The lowest BCUT2D eigenvalue weighted by Gasteiger charge is -2.13. The van der Waals surface area contributed by atoms with Crippen molar-refractivity contribution in [2.75, 3.05) is 24.6 Å². The van der Waals surface area contributed by atoms with Crippen LogP contribution in [0.5, 0.6) is 0 Å². The molecule has 0 bridgehead atoms. The van der Waals surface area contributed by atoms with E-state index in [9.17, 15) is 16.8 Å². The van der Waals surface area contributed by atoms with E-state index >= 15 is 0 Å². The first-order valence-corrected chi connectivity index (χ1v) is 15.5. The van der Waals surface area contributed by atoms with E-state index in [0.717, 1.165) is 44.9 Å². The summed E-state index contributed by atoms with van der Waals surface area (Å²) in [5.41, 5.74) is 0. The van der Waals surface area contributed by atoms with Crippen molar-refractivity contribution in [3.8, 4) is 0 Å². The van der Waals surface area contributed by atoms with Gasteiger partial charge in [0.1, 0.15) is 0 Å². The quantitative estimate of drug-likeness (QED) is 0.220. The number of nitrogens with one attached hydrogen (secondary N) is 2. The van der Waals surface area contributed by atoms with E-state index in [2.05, 4.69) is 23.3 Å². The average Bonchev–Trinajstić information content (AvgIpc) is 2.69. The third kappa shape index (κ3) is 19.8. The molecule has 0 aromatic rings. The lowest BCUT2D eigenvalue weighted by molar-refractivity contribution is 0.489. The van der Waals surface area contributed by atoms with Crippen molar-refractivity contribution >= 4 is 20.0 Å². The topological polar surface area (TPSA) is 92.3 Å². The summed E-state index contributed by atoms with van der Waals surface area (Å²) in [6, 6.07) is 0. The van der Waals surface area contributed by atoms with Crippen LogP contribution in [0.2, 0.25) is 0 Å². The monoisotopic (exact) mass is 468 g/mol. The Bertz CT molecular complexity index is 592. The number of hydrogen-bond donors (Lipinski definition) is 2. The largest absolute Gasteiger partial charge is 0.215 e. The predicted octanol–water partition coefficient (Wildman–Crippen LogP) is 4.96. The molecule has 0 heterocycles. The molecule has 6 nitrogen and oxygen atoms in total. The Morgan fingerprint density at radius 1 is 0.600 bits per heavy atom. The normalized spacial score (nSPS) is 13.6. The Hall–Kier alpha value is -0.180. The fraction of sp³-hybridized carbons (Fsp3) is 1.00. The smallest absolute Gasteiger partial charge is 0.211 e. The Labute approximate surface area is 187 Å². The third-order valence-electron chi connectivity index (χ3n) is 5.38. The van der Waals surface area contributed by atoms with Crippen LogP contribution in [0.25, 0.3) is 0 Å². The maximum Gasteiger partial charge on any atom is 0.211 e. The van der Waals surface area contributed by atoms with Crippen LogP contribution in [-0.4, -0.2) is 41.4 Å². The van der Waals surface area contributed by atoms with Gasteiger partial charge in [-0.1, -0.05) is 85.0 Å². The Morgan fingerprint density at radius 3 is 1.53 bits per heavy atom. The predicted molar refractivity (Wildman–Crippen MR) is 129 cm³/mol. The van der Waals surface area contributed by atoms with Crippen LogP contribution in [-0.2, 0) is 20.0 Å². The summed E-state index contributed by atoms with van der Waals surface area (Å²) in [5, 5.41) is 0. The van der Waals surface area contributed by atoms with Gasteiger partial charge in [0.15, 0.2) is 0 Å². The van der Waals surface area contributed by atoms with E-state index in [0.29, 0.717) is 19.5 Å². The number of unbranched alkanes of at least 4 members (excludes halogenated alkanes) is 10. The SMILES string of the molecule is CCCCCCCCS(=O)(=O)NCCCC(C)CNS(=O)(=O)CCCCCCCC. The molecule has 0 aliphatic heterocycles. The Balaban J connectivity index is 3.79. The Morgan fingerprint density at radius 2 is 1.03 bits per heavy atom. The minimum absolute atomic E-state index is 0.187. The molecule has 1 unspecified atom stereocenters. The molecule has 0 aromatic carbocycles. The van der Waals surface area contributed by atoms with E-state index in [1.165, 1.54) is 38.5 Å². The molecule has 0 saturated heterocycles. The van der Waals surface area contributed by atoms with Gasteiger partial charge in [0.2, 0.25) is 20.0 Å². The van der Waals surface area contributed by atoms with Crippen LogP contribution in [0.4, 0.5) is 0 Å². The first kappa shape index (κ1) is 29.8. The number of sulfonamides is 2. The molecule has 0 saturated carbocycles. The van der Waals surface area contributed by atoms with E-state index < -0.39 is 20.0 Å². The van der Waals surface area contributed by atoms with Gasteiger partial charge in [0.25, 0.3) is 0 Å².